The van der Waals surface area contributed by atoms with Crippen LogP contribution in [-0.2, 0) is 0 Å². The van der Waals surface area contributed by atoms with E-state index in [0.29, 0.717) is 12.5 Å². The molecule has 1 saturated heterocycles. The van der Waals surface area contributed by atoms with Crippen LogP contribution in [0.1, 0.15) is 37.3 Å². The molecule has 2 rings (SSSR count). The van der Waals surface area contributed by atoms with Crippen molar-refractivity contribution in [3.63, 3.8) is 0 Å². The third kappa shape index (κ3) is 3.21. The Morgan fingerprint density at radius 3 is 3.12 bits per heavy atom. The van der Waals surface area contributed by atoms with E-state index >= 15 is 0 Å². The minimum Gasteiger partial charge on any atom is -0.296 e. The second-order valence-corrected chi connectivity index (χ2v) is 4.95. The van der Waals surface area contributed by atoms with Crippen LogP contribution in [-0.4, -0.2) is 18.0 Å². The lowest BCUT2D eigenvalue weighted by atomic mass is 10.0. The molecule has 0 aromatic heterocycles. The fraction of sp³-hybridized carbons (Fsp3) is 0.500. The average Bonchev–Trinajstić information content (AvgIpc) is 2.78. The van der Waals surface area contributed by atoms with Crippen LogP contribution in [0.4, 0.5) is 0 Å². The minimum atomic E-state index is 0.493. The van der Waals surface area contributed by atoms with Crippen molar-refractivity contribution < 1.29 is 0 Å². The summed E-state index contributed by atoms with van der Waals surface area (Å²) >= 11 is 6.04. The molecular formula is C14H17ClN2. The molecule has 0 radical (unpaired) electrons. The molecule has 3 heteroatoms. The normalized spacial score (nSPS) is 20.4. The summed E-state index contributed by atoms with van der Waals surface area (Å²) < 4.78 is 0. The van der Waals surface area contributed by atoms with Gasteiger partial charge in [0.15, 0.2) is 0 Å². The number of hydrogen-bond acceptors (Lipinski definition) is 2. The fourth-order valence-electron chi connectivity index (χ4n) is 2.55. The van der Waals surface area contributed by atoms with E-state index in [-0.39, 0.29) is 0 Å². The Kier molecular flexibility index (Phi) is 4.42. The molecule has 17 heavy (non-hydrogen) atoms. The van der Waals surface area contributed by atoms with Gasteiger partial charge in [-0.3, -0.25) is 4.90 Å². The standard InChI is InChI=1S/C14H17ClN2/c15-13-6-3-5-12(11-13)14-7-4-10-17(14)9-2-1-8-16/h3,5-6,11,14H,1-2,4,7,9-10H2. The molecule has 1 aromatic carbocycles. The third-order valence-electron chi connectivity index (χ3n) is 3.33. The van der Waals surface area contributed by atoms with Crippen molar-refractivity contribution in [2.45, 2.75) is 31.7 Å². The van der Waals surface area contributed by atoms with Crippen molar-refractivity contribution in [2.24, 2.45) is 0 Å². The lowest BCUT2D eigenvalue weighted by molar-refractivity contribution is 0.255. The lowest BCUT2D eigenvalue weighted by Crippen LogP contribution is -2.24. The van der Waals surface area contributed by atoms with E-state index in [2.05, 4.69) is 23.1 Å². The smallest absolute Gasteiger partial charge is 0.0622 e. The van der Waals surface area contributed by atoms with Crippen molar-refractivity contribution in [1.29, 1.82) is 5.26 Å². The van der Waals surface area contributed by atoms with E-state index in [1.807, 2.05) is 12.1 Å². The molecule has 2 nitrogen and oxygen atoms in total. The highest BCUT2D eigenvalue weighted by atomic mass is 35.5. The van der Waals surface area contributed by atoms with Gasteiger partial charge in [-0.1, -0.05) is 23.7 Å². The van der Waals surface area contributed by atoms with Gasteiger partial charge in [-0.2, -0.15) is 5.26 Å². The summed E-state index contributed by atoms with van der Waals surface area (Å²) in [6, 6.07) is 10.9. The average molecular weight is 249 g/mol. The molecule has 90 valence electrons. The van der Waals surface area contributed by atoms with E-state index in [1.54, 1.807) is 0 Å². The Labute approximate surface area is 108 Å². The quantitative estimate of drug-likeness (QED) is 0.759. The van der Waals surface area contributed by atoms with Gasteiger partial charge in [-0.25, -0.2) is 0 Å². The summed E-state index contributed by atoms with van der Waals surface area (Å²) in [4.78, 5) is 2.48. The molecule has 1 unspecified atom stereocenters. The highest BCUT2D eigenvalue weighted by molar-refractivity contribution is 6.30. The second-order valence-electron chi connectivity index (χ2n) is 4.51. The number of rotatable bonds is 4. The maximum absolute atomic E-state index is 8.57. The number of unbranched alkanes of at least 4 members (excludes halogenated alkanes) is 1. The van der Waals surface area contributed by atoms with Crippen molar-refractivity contribution >= 4 is 11.6 Å². The van der Waals surface area contributed by atoms with E-state index in [1.165, 1.54) is 18.4 Å². The van der Waals surface area contributed by atoms with Gasteiger partial charge < -0.3 is 0 Å². The molecule has 0 aliphatic carbocycles. The van der Waals surface area contributed by atoms with Gasteiger partial charge in [-0.15, -0.1) is 0 Å². The summed E-state index contributed by atoms with van der Waals surface area (Å²) in [7, 11) is 0. The number of nitrogens with zero attached hydrogens (tertiary/aromatic N) is 2. The van der Waals surface area contributed by atoms with Gasteiger partial charge in [0.1, 0.15) is 0 Å². The Hall–Kier alpha value is -1.04. The first-order chi connectivity index (χ1) is 8.31. The van der Waals surface area contributed by atoms with Crippen LogP contribution in [0.15, 0.2) is 24.3 Å². The zero-order valence-corrected chi connectivity index (χ0v) is 10.7. The molecular weight excluding hydrogens is 232 g/mol. The Bertz CT molecular complexity index is 411. The van der Waals surface area contributed by atoms with Crippen molar-refractivity contribution in [2.75, 3.05) is 13.1 Å². The topological polar surface area (TPSA) is 27.0 Å². The maximum Gasteiger partial charge on any atom is 0.0622 e. The molecule has 1 aliphatic rings. The van der Waals surface area contributed by atoms with Crippen LogP contribution in [0.25, 0.3) is 0 Å². The number of benzene rings is 1. The summed E-state index contributed by atoms with van der Waals surface area (Å²) in [6.45, 7) is 2.16. The summed E-state index contributed by atoms with van der Waals surface area (Å²) in [5.41, 5.74) is 1.31. The molecule has 0 spiro atoms. The molecule has 1 aliphatic heterocycles. The highest BCUT2D eigenvalue weighted by Crippen LogP contribution is 2.32. The van der Waals surface area contributed by atoms with E-state index < -0.39 is 0 Å². The number of nitriles is 1. The molecule has 0 amide bonds. The molecule has 0 saturated carbocycles. The SMILES string of the molecule is N#CCCCN1CCCC1c1cccc(Cl)c1. The van der Waals surface area contributed by atoms with Gasteiger partial charge in [0.2, 0.25) is 0 Å². The van der Waals surface area contributed by atoms with Gasteiger partial charge in [0.25, 0.3) is 0 Å². The number of likely N-dealkylation sites (tertiary alicyclic amines) is 1. The molecule has 0 bridgehead atoms. The van der Waals surface area contributed by atoms with Crippen molar-refractivity contribution in [1.82, 2.24) is 4.90 Å². The van der Waals surface area contributed by atoms with Crippen LogP contribution in [0, 0.1) is 11.3 Å². The molecule has 1 aromatic rings. The van der Waals surface area contributed by atoms with Crippen LogP contribution < -0.4 is 0 Å². The Morgan fingerprint density at radius 2 is 2.35 bits per heavy atom. The van der Waals surface area contributed by atoms with E-state index in [0.717, 1.165) is 24.5 Å². The van der Waals surface area contributed by atoms with Gasteiger partial charge in [0.05, 0.1) is 6.07 Å². The van der Waals surface area contributed by atoms with Crippen molar-refractivity contribution in [3.05, 3.63) is 34.9 Å². The predicted molar refractivity (Wildman–Crippen MR) is 69.8 cm³/mol. The molecule has 0 N–H and O–H groups in total. The van der Waals surface area contributed by atoms with E-state index in [4.69, 9.17) is 16.9 Å². The third-order valence-corrected chi connectivity index (χ3v) is 3.57. The zero-order chi connectivity index (χ0) is 12.1. The number of halogens is 1. The molecule has 1 atom stereocenters. The first-order valence-corrected chi connectivity index (χ1v) is 6.55. The lowest BCUT2D eigenvalue weighted by Gasteiger charge is -2.24. The summed E-state index contributed by atoms with van der Waals surface area (Å²) in [5, 5.41) is 9.38. The maximum atomic E-state index is 8.57. The Balaban J connectivity index is 2.02. The van der Waals surface area contributed by atoms with Crippen LogP contribution in [0.2, 0.25) is 5.02 Å². The van der Waals surface area contributed by atoms with Crippen LogP contribution in [0.5, 0.6) is 0 Å². The molecule has 1 heterocycles. The summed E-state index contributed by atoms with van der Waals surface area (Å²) in [6.07, 6.45) is 4.06. The van der Waals surface area contributed by atoms with E-state index in [9.17, 15) is 0 Å². The first kappa shape index (κ1) is 12.4. The minimum absolute atomic E-state index is 0.493. The molecule has 1 fully saturated rings. The monoisotopic (exact) mass is 248 g/mol. The Morgan fingerprint density at radius 1 is 1.47 bits per heavy atom. The summed E-state index contributed by atoms with van der Waals surface area (Å²) in [5.74, 6) is 0. The first-order valence-electron chi connectivity index (χ1n) is 6.18. The van der Waals surface area contributed by atoms with Gasteiger partial charge in [0, 0.05) is 17.5 Å². The largest absolute Gasteiger partial charge is 0.296 e. The zero-order valence-electron chi connectivity index (χ0n) is 9.90. The van der Waals surface area contributed by atoms with Crippen molar-refractivity contribution in [3.8, 4) is 6.07 Å². The van der Waals surface area contributed by atoms with Crippen LogP contribution >= 0.6 is 11.6 Å². The van der Waals surface area contributed by atoms with Gasteiger partial charge >= 0.3 is 0 Å². The second kappa shape index (κ2) is 6.05. The number of hydrogen-bond donors (Lipinski definition) is 0. The van der Waals surface area contributed by atoms with Gasteiger partial charge in [-0.05, 0) is 50.0 Å². The van der Waals surface area contributed by atoms with Crippen LogP contribution in [0.3, 0.4) is 0 Å². The fourth-order valence-corrected chi connectivity index (χ4v) is 2.75. The highest BCUT2D eigenvalue weighted by Gasteiger charge is 2.25. The predicted octanol–water partition coefficient (Wildman–Crippen LogP) is 3.78.